The Labute approximate surface area is 128 Å². The molecule has 0 bridgehead atoms. The van der Waals surface area contributed by atoms with Crippen molar-refractivity contribution in [2.75, 3.05) is 6.79 Å². The van der Waals surface area contributed by atoms with Crippen LogP contribution in [0, 0.1) is 0 Å². The normalized spacial score (nSPS) is 24.5. The molecular formula is C17H18O5. The van der Waals surface area contributed by atoms with Gasteiger partial charge in [-0.05, 0) is 36.6 Å². The molecule has 1 aromatic rings. The van der Waals surface area contributed by atoms with E-state index in [-0.39, 0.29) is 19.0 Å². The molecular weight excluding hydrogens is 284 g/mol. The lowest BCUT2D eigenvalue weighted by atomic mass is 10.1. The second-order valence-corrected chi connectivity index (χ2v) is 5.28. The molecule has 1 aromatic carbocycles. The molecule has 0 amide bonds. The largest absolute Gasteiger partial charge is 0.479 e. The molecule has 5 nitrogen and oxygen atoms in total. The first kappa shape index (κ1) is 14.8. The van der Waals surface area contributed by atoms with Gasteiger partial charge in [-0.15, -0.1) is 0 Å². The first-order chi connectivity index (χ1) is 10.7. The molecule has 1 fully saturated rings. The Balaban J connectivity index is 1.60. The Kier molecular flexibility index (Phi) is 4.56. The van der Waals surface area contributed by atoms with Gasteiger partial charge in [-0.3, -0.25) is 0 Å². The fourth-order valence-electron chi connectivity index (χ4n) is 2.52. The minimum Gasteiger partial charge on any atom is -0.479 e. The molecule has 0 aromatic heterocycles. The SMILES string of the molecule is O=C(O)C(CCc1ccccc1)OC1=CC2OCOC2C=C1. The lowest BCUT2D eigenvalue weighted by molar-refractivity contribution is -0.147. The van der Waals surface area contributed by atoms with E-state index >= 15 is 0 Å². The summed E-state index contributed by atoms with van der Waals surface area (Å²) in [4.78, 5) is 11.4. The lowest BCUT2D eigenvalue weighted by Crippen LogP contribution is -2.27. The van der Waals surface area contributed by atoms with E-state index in [1.54, 1.807) is 12.2 Å². The van der Waals surface area contributed by atoms with Gasteiger partial charge in [0.2, 0.25) is 0 Å². The fourth-order valence-corrected chi connectivity index (χ4v) is 2.52. The van der Waals surface area contributed by atoms with Gasteiger partial charge in [0, 0.05) is 0 Å². The smallest absolute Gasteiger partial charge is 0.344 e. The fraction of sp³-hybridized carbons (Fsp3) is 0.353. The second-order valence-electron chi connectivity index (χ2n) is 5.28. The number of hydrogen-bond donors (Lipinski definition) is 1. The van der Waals surface area contributed by atoms with Crippen LogP contribution < -0.4 is 0 Å². The quantitative estimate of drug-likeness (QED) is 0.873. The molecule has 5 heteroatoms. The second kappa shape index (κ2) is 6.77. The number of hydrogen-bond acceptors (Lipinski definition) is 4. The summed E-state index contributed by atoms with van der Waals surface area (Å²) in [5.41, 5.74) is 1.10. The molecule has 2 aliphatic rings. The number of ether oxygens (including phenoxy) is 3. The van der Waals surface area contributed by atoms with E-state index in [1.807, 2.05) is 36.4 Å². The topological polar surface area (TPSA) is 65.0 Å². The number of aryl methyl sites for hydroxylation is 1. The monoisotopic (exact) mass is 302 g/mol. The van der Waals surface area contributed by atoms with Crippen LogP contribution in [-0.2, 0) is 25.4 Å². The van der Waals surface area contributed by atoms with Gasteiger partial charge in [-0.2, -0.15) is 0 Å². The van der Waals surface area contributed by atoms with Crippen LogP contribution in [0.4, 0.5) is 0 Å². The van der Waals surface area contributed by atoms with Crippen molar-refractivity contribution in [1.82, 2.24) is 0 Å². The summed E-state index contributed by atoms with van der Waals surface area (Å²) in [6.45, 7) is 0.250. The number of carbonyl (C=O) groups is 1. The first-order valence-electron chi connectivity index (χ1n) is 7.29. The first-order valence-corrected chi connectivity index (χ1v) is 7.29. The number of allylic oxidation sites excluding steroid dienone is 1. The zero-order chi connectivity index (χ0) is 15.4. The Morgan fingerprint density at radius 1 is 1.27 bits per heavy atom. The predicted molar refractivity (Wildman–Crippen MR) is 79.1 cm³/mol. The van der Waals surface area contributed by atoms with Crippen LogP contribution in [0.3, 0.4) is 0 Å². The van der Waals surface area contributed by atoms with E-state index in [1.165, 1.54) is 0 Å². The van der Waals surface area contributed by atoms with Gasteiger partial charge in [0.1, 0.15) is 24.8 Å². The highest BCUT2D eigenvalue weighted by Crippen LogP contribution is 2.24. The number of rotatable bonds is 6. The van der Waals surface area contributed by atoms with E-state index in [0.29, 0.717) is 18.6 Å². The van der Waals surface area contributed by atoms with Crippen molar-refractivity contribution in [3.63, 3.8) is 0 Å². The third kappa shape index (κ3) is 3.55. The van der Waals surface area contributed by atoms with Crippen molar-refractivity contribution in [2.45, 2.75) is 31.2 Å². The third-order valence-electron chi connectivity index (χ3n) is 3.72. The number of benzene rings is 1. The molecule has 3 unspecified atom stereocenters. The molecule has 116 valence electrons. The van der Waals surface area contributed by atoms with Gasteiger partial charge in [0.25, 0.3) is 0 Å². The van der Waals surface area contributed by atoms with Gasteiger partial charge in [0.15, 0.2) is 6.10 Å². The van der Waals surface area contributed by atoms with Crippen molar-refractivity contribution < 1.29 is 24.1 Å². The predicted octanol–water partition coefficient (Wildman–Crippen LogP) is 2.28. The van der Waals surface area contributed by atoms with Gasteiger partial charge in [0.05, 0.1) is 0 Å². The van der Waals surface area contributed by atoms with Gasteiger partial charge < -0.3 is 19.3 Å². The number of aliphatic carboxylic acids is 1. The minimum absolute atomic E-state index is 0.0973. The molecule has 0 spiro atoms. The summed E-state index contributed by atoms with van der Waals surface area (Å²) < 4.78 is 16.3. The zero-order valence-electron chi connectivity index (χ0n) is 12.1. The lowest BCUT2D eigenvalue weighted by Gasteiger charge is -2.20. The van der Waals surface area contributed by atoms with Gasteiger partial charge in [-0.1, -0.05) is 30.3 Å². The average Bonchev–Trinajstić information content (AvgIpc) is 2.99. The highest BCUT2D eigenvalue weighted by atomic mass is 16.7. The number of carboxylic acid groups (broad SMARTS) is 1. The van der Waals surface area contributed by atoms with Crippen molar-refractivity contribution in [2.24, 2.45) is 0 Å². The van der Waals surface area contributed by atoms with Crippen LogP contribution in [0.25, 0.3) is 0 Å². The van der Waals surface area contributed by atoms with E-state index in [4.69, 9.17) is 14.2 Å². The summed E-state index contributed by atoms with van der Waals surface area (Å²) in [5, 5.41) is 9.34. The van der Waals surface area contributed by atoms with Crippen LogP contribution in [0.5, 0.6) is 0 Å². The average molecular weight is 302 g/mol. The summed E-state index contributed by atoms with van der Waals surface area (Å²) in [6.07, 6.45) is 5.25. The Bertz CT molecular complexity index is 578. The zero-order valence-corrected chi connectivity index (χ0v) is 12.1. The van der Waals surface area contributed by atoms with Gasteiger partial charge in [-0.25, -0.2) is 4.79 Å². The molecule has 1 N–H and O–H groups in total. The maximum atomic E-state index is 11.4. The van der Waals surface area contributed by atoms with E-state index in [9.17, 15) is 9.90 Å². The molecule has 1 saturated heterocycles. The molecule has 0 radical (unpaired) electrons. The molecule has 1 heterocycles. The Hall–Kier alpha value is -2.11. The molecule has 3 atom stereocenters. The molecule has 22 heavy (non-hydrogen) atoms. The van der Waals surface area contributed by atoms with Crippen LogP contribution in [0.1, 0.15) is 12.0 Å². The minimum atomic E-state index is -0.962. The van der Waals surface area contributed by atoms with Crippen LogP contribution >= 0.6 is 0 Å². The molecule has 3 rings (SSSR count). The van der Waals surface area contributed by atoms with E-state index in [2.05, 4.69) is 0 Å². The van der Waals surface area contributed by atoms with Crippen LogP contribution in [0.2, 0.25) is 0 Å². The summed E-state index contributed by atoms with van der Waals surface area (Å²) in [5.74, 6) is -0.442. The summed E-state index contributed by atoms with van der Waals surface area (Å²) >= 11 is 0. The van der Waals surface area contributed by atoms with Crippen LogP contribution in [0.15, 0.2) is 54.3 Å². The molecule has 0 saturated carbocycles. The highest BCUT2D eigenvalue weighted by Gasteiger charge is 2.30. The van der Waals surface area contributed by atoms with E-state index in [0.717, 1.165) is 5.56 Å². The number of carboxylic acids is 1. The molecule has 1 aliphatic carbocycles. The Morgan fingerprint density at radius 2 is 2.05 bits per heavy atom. The van der Waals surface area contributed by atoms with Gasteiger partial charge >= 0.3 is 5.97 Å². The third-order valence-corrected chi connectivity index (χ3v) is 3.72. The Morgan fingerprint density at radius 3 is 2.82 bits per heavy atom. The highest BCUT2D eigenvalue weighted by molar-refractivity contribution is 5.72. The standard InChI is InChI=1S/C17H18O5/c18-17(19)15(8-6-12-4-2-1-3-5-12)22-13-7-9-14-16(10-13)21-11-20-14/h1-5,7,9-10,14-16H,6,8,11H2,(H,18,19). The summed E-state index contributed by atoms with van der Waals surface area (Å²) in [6, 6.07) is 9.78. The maximum absolute atomic E-state index is 11.4. The van der Waals surface area contributed by atoms with Crippen molar-refractivity contribution in [3.05, 3.63) is 59.9 Å². The van der Waals surface area contributed by atoms with Crippen molar-refractivity contribution in [3.8, 4) is 0 Å². The maximum Gasteiger partial charge on any atom is 0.344 e. The van der Waals surface area contributed by atoms with Crippen molar-refractivity contribution >= 4 is 5.97 Å². The number of fused-ring (bicyclic) bond motifs is 1. The van der Waals surface area contributed by atoms with E-state index < -0.39 is 12.1 Å². The van der Waals surface area contributed by atoms with Crippen molar-refractivity contribution in [1.29, 1.82) is 0 Å². The summed E-state index contributed by atoms with van der Waals surface area (Å²) in [7, 11) is 0. The molecule has 1 aliphatic heterocycles. The van der Waals surface area contributed by atoms with Crippen LogP contribution in [-0.4, -0.2) is 36.2 Å².